The number of ketones is 1. The number of carbonyl (C=O) groups is 1. The zero-order valence-corrected chi connectivity index (χ0v) is 11.7. The van der Waals surface area contributed by atoms with Crippen molar-refractivity contribution in [3.63, 3.8) is 0 Å². The fraction of sp³-hybridized carbons (Fsp3) is 0.500. The normalized spacial score (nSPS) is 11.2. The quantitative estimate of drug-likeness (QED) is 0.774. The van der Waals surface area contributed by atoms with Crippen molar-refractivity contribution in [1.29, 1.82) is 0 Å². The smallest absolute Gasteiger partial charge is 0.176 e. The van der Waals surface area contributed by atoms with Gasteiger partial charge in [-0.2, -0.15) is 0 Å². The first-order valence-electron chi connectivity index (χ1n) is 6.18. The number of halogens is 1. The first kappa shape index (κ1) is 15.2. The maximum absolute atomic E-state index is 12.1. The van der Waals surface area contributed by atoms with Gasteiger partial charge in [0.05, 0.1) is 6.54 Å². The maximum atomic E-state index is 12.1. The van der Waals surface area contributed by atoms with E-state index >= 15 is 0 Å². The number of carbonyl (C=O) groups excluding carboxylic acids is 1. The predicted octanol–water partition coefficient (Wildman–Crippen LogP) is 2.62. The third kappa shape index (κ3) is 4.77. The van der Waals surface area contributed by atoms with Gasteiger partial charge in [0.2, 0.25) is 0 Å². The van der Waals surface area contributed by atoms with E-state index in [4.69, 9.17) is 16.7 Å². The Hall–Kier alpha value is -0.900. The summed E-state index contributed by atoms with van der Waals surface area (Å²) < 4.78 is 0. The second kappa shape index (κ2) is 7.52. The second-order valence-electron chi connectivity index (χ2n) is 4.57. The monoisotopic (exact) mass is 269 g/mol. The molecule has 0 atom stereocenters. The molecule has 1 rings (SSSR count). The lowest BCUT2D eigenvalue weighted by Gasteiger charge is -2.25. The van der Waals surface area contributed by atoms with Gasteiger partial charge in [0.1, 0.15) is 0 Å². The van der Waals surface area contributed by atoms with Crippen molar-refractivity contribution in [2.24, 2.45) is 0 Å². The van der Waals surface area contributed by atoms with Gasteiger partial charge in [-0.1, -0.05) is 11.6 Å². The lowest BCUT2D eigenvalue weighted by atomic mass is 10.1. The Bertz CT molecular complexity index is 376. The molecule has 0 spiro atoms. The van der Waals surface area contributed by atoms with Gasteiger partial charge in [-0.3, -0.25) is 9.69 Å². The van der Waals surface area contributed by atoms with Crippen LogP contribution >= 0.6 is 11.6 Å². The summed E-state index contributed by atoms with van der Waals surface area (Å²) in [5.74, 6) is 0.0818. The van der Waals surface area contributed by atoms with E-state index in [1.165, 1.54) is 0 Å². The molecule has 18 heavy (non-hydrogen) atoms. The highest BCUT2D eigenvalue weighted by Gasteiger charge is 2.14. The molecule has 3 nitrogen and oxygen atoms in total. The second-order valence-corrected chi connectivity index (χ2v) is 5.01. The van der Waals surface area contributed by atoms with Crippen LogP contribution < -0.4 is 0 Å². The number of rotatable bonds is 7. The molecule has 0 saturated carbocycles. The highest BCUT2D eigenvalue weighted by atomic mass is 35.5. The van der Waals surface area contributed by atoms with Crippen molar-refractivity contribution in [2.45, 2.75) is 26.3 Å². The first-order valence-corrected chi connectivity index (χ1v) is 6.56. The van der Waals surface area contributed by atoms with Crippen LogP contribution in [0.2, 0.25) is 5.02 Å². The maximum Gasteiger partial charge on any atom is 0.176 e. The summed E-state index contributed by atoms with van der Waals surface area (Å²) in [5, 5.41) is 9.48. The average Bonchev–Trinajstić information content (AvgIpc) is 2.34. The lowest BCUT2D eigenvalue weighted by Crippen LogP contribution is -2.36. The molecular formula is C14H20ClNO2. The van der Waals surface area contributed by atoms with Gasteiger partial charge < -0.3 is 5.11 Å². The fourth-order valence-corrected chi connectivity index (χ4v) is 1.83. The predicted molar refractivity (Wildman–Crippen MR) is 74.2 cm³/mol. The van der Waals surface area contributed by atoms with Crippen molar-refractivity contribution in [3.8, 4) is 0 Å². The Morgan fingerprint density at radius 1 is 1.33 bits per heavy atom. The van der Waals surface area contributed by atoms with Crippen molar-refractivity contribution < 1.29 is 9.90 Å². The Morgan fingerprint density at radius 2 is 1.94 bits per heavy atom. The van der Waals surface area contributed by atoms with Crippen LogP contribution in [-0.4, -0.2) is 41.5 Å². The molecule has 0 fully saturated rings. The molecular weight excluding hydrogens is 250 g/mol. The minimum Gasteiger partial charge on any atom is -0.396 e. The Morgan fingerprint density at radius 3 is 2.44 bits per heavy atom. The van der Waals surface area contributed by atoms with Crippen LogP contribution in [0.4, 0.5) is 0 Å². The zero-order chi connectivity index (χ0) is 13.5. The van der Waals surface area contributed by atoms with Crippen LogP contribution in [0.25, 0.3) is 0 Å². The van der Waals surface area contributed by atoms with Crippen molar-refractivity contribution >= 4 is 17.4 Å². The molecule has 0 bridgehead atoms. The van der Waals surface area contributed by atoms with E-state index in [2.05, 4.69) is 4.90 Å². The van der Waals surface area contributed by atoms with Crippen molar-refractivity contribution in [3.05, 3.63) is 34.9 Å². The summed E-state index contributed by atoms with van der Waals surface area (Å²) >= 11 is 5.79. The Kier molecular flexibility index (Phi) is 6.33. The van der Waals surface area contributed by atoms with Gasteiger partial charge in [0, 0.05) is 29.8 Å². The first-order chi connectivity index (χ1) is 8.54. The molecule has 0 aliphatic rings. The van der Waals surface area contributed by atoms with Crippen LogP contribution in [0.1, 0.15) is 30.6 Å². The lowest BCUT2D eigenvalue weighted by molar-refractivity contribution is 0.0896. The van der Waals surface area contributed by atoms with Gasteiger partial charge in [-0.05, 0) is 44.5 Å². The number of aliphatic hydroxyl groups is 1. The number of nitrogens with zero attached hydrogens (tertiary/aromatic N) is 1. The van der Waals surface area contributed by atoms with Gasteiger partial charge in [-0.15, -0.1) is 0 Å². The molecule has 1 N–H and O–H groups in total. The van der Waals surface area contributed by atoms with Crippen LogP contribution in [0.3, 0.4) is 0 Å². The Balaban J connectivity index is 2.63. The van der Waals surface area contributed by atoms with Gasteiger partial charge in [0.15, 0.2) is 5.78 Å². The molecule has 0 amide bonds. The third-order valence-corrected chi connectivity index (χ3v) is 3.10. The molecule has 0 unspecified atom stereocenters. The van der Waals surface area contributed by atoms with Crippen LogP contribution in [0, 0.1) is 0 Å². The summed E-state index contributed by atoms with van der Waals surface area (Å²) in [6, 6.07) is 7.22. The zero-order valence-electron chi connectivity index (χ0n) is 10.9. The molecule has 0 aromatic heterocycles. The minimum atomic E-state index is 0.0818. The highest BCUT2D eigenvalue weighted by molar-refractivity contribution is 6.30. The van der Waals surface area contributed by atoms with Gasteiger partial charge >= 0.3 is 0 Å². The number of aliphatic hydroxyl groups excluding tert-OH is 1. The summed E-state index contributed by atoms with van der Waals surface area (Å²) in [6.07, 6.45) is 0.687. The molecule has 0 aliphatic carbocycles. The molecule has 1 aromatic rings. The summed E-state index contributed by atoms with van der Waals surface area (Å²) in [4.78, 5) is 14.1. The highest BCUT2D eigenvalue weighted by Crippen LogP contribution is 2.11. The topological polar surface area (TPSA) is 40.5 Å². The van der Waals surface area contributed by atoms with Crippen LogP contribution in [0.15, 0.2) is 24.3 Å². The number of benzene rings is 1. The Labute approximate surface area is 113 Å². The van der Waals surface area contributed by atoms with Crippen molar-refractivity contribution in [2.75, 3.05) is 19.7 Å². The standard InChI is InChI=1S/C14H20ClNO2/c1-11(2)16(8-3-9-17)10-14(18)12-4-6-13(15)7-5-12/h4-7,11,17H,3,8-10H2,1-2H3. The van der Waals surface area contributed by atoms with E-state index in [1.807, 2.05) is 13.8 Å². The molecule has 0 radical (unpaired) electrons. The van der Waals surface area contributed by atoms with E-state index < -0.39 is 0 Å². The fourth-order valence-electron chi connectivity index (χ4n) is 1.71. The van der Waals surface area contributed by atoms with E-state index in [0.717, 1.165) is 6.54 Å². The van der Waals surface area contributed by atoms with Crippen molar-refractivity contribution in [1.82, 2.24) is 4.90 Å². The van der Waals surface area contributed by atoms with E-state index in [9.17, 15) is 4.79 Å². The molecule has 0 aliphatic heterocycles. The molecule has 0 heterocycles. The molecule has 100 valence electrons. The summed E-state index contributed by atoms with van der Waals surface area (Å²) in [6.45, 7) is 5.35. The average molecular weight is 270 g/mol. The molecule has 4 heteroatoms. The van der Waals surface area contributed by atoms with Crippen LogP contribution in [-0.2, 0) is 0 Å². The SMILES string of the molecule is CC(C)N(CCCO)CC(=O)c1ccc(Cl)cc1. The van der Waals surface area contributed by atoms with E-state index in [-0.39, 0.29) is 18.4 Å². The number of Topliss-reactive ketones (excluding diaryl/α,β-unsaturated/α-hetero) is 1. The van der Waals surface area contributed by atoms with Gasteiger partial charge in [-0.25, -0.2) is 0 Å². The largest absolute Gasteiger partial charge is 0.396 e. The minimum absolute atomic E-state index is 0.0818. The number of hydrogen-bond acceptors (Lipinski definition) is 3. The summed E-state index contributed by atoms with van der Waals surface area (Å²) in [7, 11) is 0. The third-order valence-electron chi connectivity index (χ3n) is 2.85. The summed E-state index contributed by atoms with van der Waals surface area (Å²) in [5.41, 5.74) is 0.675. The van der Waals surface area contributed by atoms with Gasteiger partial charge in [0.25, 0.3) is 0 Å². The van der Waals surface area contributed by atoms with E-state index in [0.29, 0.717) is 23.6 Å². The van der Waals surface area contributed by atoms with E-state index in [1.54, 1.807) is 24.3 Å². The molecule has 1 aromatic carbocycles. The van der Waals surface area contributed by atoms with Crippen LogP contribution in [0.5, 0.6) is 0 Å². The number of hydrogen-bond donors (Lipinski definition) is 1. The molecule has 0 saturated heterocycles.